The Labute approximate surface area is 113 Å². The van der Waals surface area contributed by atoms with Gasteiger partial charge in [0.15, 0.2) is 13.3 Å². The van der Waals surface area contributed by atoms with Gasteiger partial charge in [-0.05, 0) is 0 Å². The van der Waals surface area contributed by atoms with Crippen molar-refractivity contribution >= 4 is 0 Å². The van der Waals surface area contributed by atoms with Crippen molar-refractivity contribution in [2.75, 3.05) is 13.3 Å². The Bertz CT molecular complexity index is 417. The summed E-state index contributed by atoms with van der Waals surface area (Å²) in [6, 6.07) is -3.63. The first-order valence-corrected chi connectivity index (χ1v) is 4.70. The average molecular weight is 360 g/mol. The van der Waals surface area contributed by atoms with E-state index in [9.17, 15) is 52.7 Å². The van der Waals surface area contributed by atoms with Crippen LogP contribution in [0.4, 0.5) is 52.7 Å². The molecule has 0 saturated carbocycles. The van der Waals surface area contributed by atoms with Crippen molar-refractivity contribution in [2.45, 2.75) is 24.0 Å². The first-order valence-electron chi connectivity index (χ1n) is 4.70. The zero-order valence-corrected chi connectivity index (χ0v) is 9.77. The van der Waals surface area contributed by atoms with E-state index >= 15 is 0 Å². The number of ether oxygens (including phenoxy) is 2. The van der Waals surface area contributed by atoms with E-state index in [4.69, 9.17) is 0 Å². The van der Waals surface area contributed by atoms with Crippen molar-refractivity contribution in [3.63, 3.8) is 0 Å². The van der Waals surface area contributed by atoms with Gasteiger partial charge in [0.05, 0.1) is 0 Å². The molecule has 14 heteroatoms. The third-order valence-electron chi connectivity index (χ3n) is 1.82. The molecule has 22 heavy (non-hydrogen) atoms. The Hall–Kier alpha value is -1.34. The lowest BCUT2D eigenvalue weighted by molar-refractivity contribution is -0.479. The van der Waals surface area contributed by atoms with Crippen LogP contribution >= 0.6 is 0 Å². The number of rotatable bonds is 8. The molecule has 0 aliphatic carbocycles. The fourth-order valence-electron chi connectivity index (χ4n) is 0.883. The summed E-state index contributed by atoms with van der Waals surface area (Å²) in [6.45, 7) is -6.55. The topological polar surface area (TPSA) is 18.5 Å². The van der Waals surface area contributed by atoms with E-state index in [-0.39, 0.29) is 0 Å². The molecule has 0 aromatic carbocycles. The van der Waals surface area contributed by atoms with Crippen LogP contribution in [0.1, 0.15) is 0 Å². The molecular weight excluding hydrogens is 356 g/mol. The lowest BCUT2D eigenvalue weighted by Crippen LogP contribution is -2.63. The molecule has 0 heterocycles. The van der Waals surface area contributed by atoms with E-state index < -0.39 is 49.4 Å². The maximum Gasteiger partial charge on any atom is 0.468 e. The van der Waals surface area contributed by atoms with Gasteiger partial charge in [-0.25, -0.2) is 8.78 Å². The van der Waals surface area contributed by atoms with Gasteiger partial charge in [0.2, 0.25) is 0 Å². The maximum absolute atomic E-state index is 13.5. The normalized spacial score (nSPS) is 16.2. The molecule has 132 valence electrons. The van der Waals surface area contributed by atoms with Crippen molar-refractivity contribution in [3.8, 4) is 0 Å². The predicted octanol–water partition coefficient (Wildman–Crippen LogP) is 4.48. The second kappa shape index (κ2) is 6.42. The Morgan fingerprint density at radius 3 is 1.55 bits per heavy atom. The van der Waals surface area contributed by atoms with Crippen LogP contribution in [-0.2, 0) is 9.47 Å². The van der Waals surface area contributed by atoms with Crippen molar-refractivity contribution < 1.29 is 62.2 Å². The van der Waals surface area contributed by atoms with E-state index in [0.717, 1.165) is 0 Å². The summed E-state index contributed by atoms with van der Waals surface area (Å²) in [7, 11) is 0. The molecule has 0 aromatic heterocycles. The summed E-state index contributed by atoms with van der Waals surface area (Å²) in [6.07, 6.45) is -16.0. The summed E-state index contributed by atoms with van der Waals surface area (Å²) < 4.78 is 153. The van der Waals surface area contributed by atoms with Crippen molar-refractivity contribution in [2.24, 2.45) is 0 Å². The molecule has 0 rings (SSSR count). The predicted molar refractivity (Wildman–Crippen MR) is 43.1 cm³/mol. The van der Waals surface area contributed by atoms with E-state index in [2.05, 4.69) is 9.47 Å². The van der Waals surface area contributed by atoms with Crippen LogP contribution in [0.5, 0.6) is 0 Å². The second-order valence-electron chi connectivity index (χ2n) is 3.46. The molecule has 0 aromatic rings. The van der Waals surface area contributed by atoms with Crippen molar-refractivity contribution in [1.29, 1.82) is 0 Å². The molecule has 1 atom stereocenters. The zero-order chi connectivity index (χ0) is 18.0. The van der Waals surface area contributed by atoms with Gasteiger partial charge in [-0.3, -0.25) is 4.74 Å². The smallest absolute Gasteiger partial charge is 0.398 e. The quantitative estimate of drug-likeness (QED) is 0.470. The van der Waals surface area contributed by atoms with Gasteiger partial charge in [-0.1, -0.05) is 0 Å². The molecule has 0 amide bonds. The van der Waals surface area contributed by atoms with Gasteiger partial charge >= 0.3 is 36.1 Å². The minimum absolute atomic E-state index is 2.17. The second-order valence-corrected chi connectivity index (χ2v) is 3.46. The van der Waals surface area contributed by atoms with Crippen LogP contribution in [0.25, 0.3) is 0 Å². The Balaban J connectivity index is 5.93. The first-order chi connectivity index (χ1) is 9.66. The van der Waals surface area contributed by atoms with E-state index in [1.54, 1.807) is 0 Å². The summed E-state index contributed by atoms with van der Waals surface area (Å²) >= 11 is 0. The standard InChI is InChI=1S/C8H4F12O2/c9-1-5(14,15)7(18,22-6(16,17)2-10)8(19,20)21-4(13)3(11)12/h1-2H2. The number of hydrogen-bond acceptors (Lipinski definition) is 2. The average Bonchev–Trinajstić information content (AvgIpc) is 2.37. The SMILES string of the molecule is FCC(F)(F)OC(F)(C(F)(F)CF)C(F)(F)OC(F)=C(F)F. The van der Waals surface area contributed by atoms with Crippen LogP contribution in [0, 0.1) is 0 Å². The molecule has 0 aliphatic rings. The largest absolute Gasteiger partial charge is 0.468 e. The highest BCUT2D eigenvalue weighted by Gasteiger charge is 2.77. The summed E-state index contributed by atoms with van der Waals surface area (Å²) in [5, 5.41) is 0. The first kappa shape index (κ1) is 20.7. The fourth-order valence-corrected chi connectivity index (χ4v) is 0.883. The molecule has 0 bridgehead atoms. The lowest BCUT2D eigenvalue weighted by atomic mass is 10.1. The molecule has 0 N–H and O–H groups in total. The van der Waals surface area contributed by atoms with Crippen LogP contribution in [0.2, 0.25) is 0 Å². The van der Waals surface area contributed by atoms with Crippen LogP contribution in [0.3, 0.4) is 0 Å². The monoisotopic (exact) mass is 360 g/mol. The van der Waals surface area contributed by atoms with Crippen molar-refractivity contribution in [1.82, 2.24) is 0 Å². The minimum Gasteiger partial charge on any atom is -0.398 e. The van der Waals surface area contributed by atoms with Crippen LogP contribution < -0.4 is 0 Å². The molecule has 0 fully saturated rings. The summed E-state index contributed by atoms with van der Waals surface area (Å²) in [4.78, 5) is 0. The highest BCUT2D eigenvalue weighted by Crippen LogP contribution is 2.49. The van der Waals surface area contributed by atoms with E-state index in [1.807, 2.05) is 0 Å². The third-order valence-corrected chi connectivity index (χ3v) is 1.82. The van der Waals surface area contributed by atoms with Crippen LogP contribution in [-0.4, -0.2) is 37.3 Å². The van der Waals surface area contributed by atoms with Gasteiger partial charge in [0.1, 0.15) is 0 Å². The van der Waals surface area contributed by atoms with Crippen LogP contribution in [0.15, 0.2) is 12.1 Å². The Morgan fingerprint density at radius 1 is 0.773 bits per heavy atom. The number of hydrogen-bond donors (Lipinski definition) is 0. The van der Waals surface area contributed by atoms with E-state index in [0.29, 0.717) is 0 Å². The number of alkyl halides is 9. The van der Waals surface area contributed by atoms with Gasteiger partial charge in [-0.15, -0.1) is 0 Å². The molecule has 0 aliphatic heterocycles. The third kappa shape index (κ3) is 4.10. The fraction of sp³-hybridized carbons (Fsp3) is 0.750. The minimum atomic E-state index is -6.59. The Morgan fingerprint density at radius 2 is 1.23 bits per heavy atom. The number of halogens is 12. The Kier molecular flexibility index (Phi) is 6.03. The molecule has 2 nitrogen and oxygen atoms in total. The zero-order valence-electron chi connectivity index (χ0n) is 9.77. The van der Waals surface area contributed by atoms with Gasteiger partial charge in [0.25, 0.3) is 0 Å². The molecule has 0 saturated heterocycles. The van der Waals surface area contributed by atoms with E-state index in [1.165, 1.54) is 0 Å². The van der Waals surface area contributed by atoms with Gasteiger partial charge < -0.3 is 4.74 Å². The molecule has 0 spiro atoms. The maximum atomic E-state index is 13.5. The summed E-state index contributed by atoms with van der Waals surface area (Å²) in [5.41, 5.74) is 0. The summed E-state index contributed by atoms with van der Waals surface area (Å²) in [5.74, 6) is -12.7. The highest BCUT2D eigenvalue weighted by molar-refractivity contribution is 4.96. The highest BCUT2D eigenvalue weighted by atomic mass is 19.3. The molecule has 1 unspecified atom stereocenters. The van der Waals surface area contributed by atoms with Gasteiger partial charge in [0, 0.05) is 0 Å². The lowest BCUT2D eigenvalue weighted by Gasteiger charge is -2.37. The molecule has 0 radical (unpaired) electrons. The van der Waals surface area contributed by atoms with Crippen molar-refractivity contribution in [3.05, 3.63) is 12.1 Å². The molecular formula is C8H4F12O2. The van der Waals surface area contributed by atoms with Gasteiger partial charge in [-0.2, -0.15) is 43.9 Å².